The predicted molar refractivity (Wildman–Crippen MR) is 48.4 cm³/mol. The minimum atomic E-state index is -0.355. The van der Waals surface area contributed by atoms with Crippen molar-refractivity contribution in [1.82, 2.24) is 4.90 Å². The molecule has 0 aromatic carbocycles. The van der Waals surface area contributed by atoms with Crippen LogP contribution in [0.1, 0.15) is 19.8 Å². The molecule has 1 unspecified atom stereocenters. The molecule has 5 nitrogen and oxygen atoms in total. The topological polar surface area (TPSA) is 55.8 Å². The largest absolute Gasteiger partial charge is 0.469 e. The van der Waals surface area contributed by atoms with Crippen molar-refractivity contribution < 1.29 is 19.1 Å². The van der Waals surface area contributed by atoms with Crippen LogP contribution in [-0.2, 0) is 19.1 Å². The van der Waals surface area contributed by atoms with E-state index in [0.717, 1.165) is 0 Å². The van der Waals surface area contributed by atoms with Gasteiger partial charge in [-0.2, -0.15) is 0 Å². The number of carbonyl (C=O) groups is 2. The van der Waals surface area contributed by atoms with Crippen LogP contribution in [0.25, 0.3) is 0 Å². The Morgan fingerprint density at radius 1 is 1.50 bits per heavy atom. The highest BCUT2D eigenvalue weighted by Crippen LogP contribution is 2.11. The van der Waals surface area contributed by atoms with E-state index in [0.29, 0.717) is 13.2 Å². The first kappa shape index (κ1) is 11.0. The van der Waals surface area contributed by atoms with Crippen molar-refractivity contribution in [2.45, 2.75) is 26.0 Å². The number of hydrogen-bond acceptors (Lipinski definition) is 4. The van der Waals surface area contributed by atoms with Crippen LogP contribution < -0.4 is 0 Å². The average Bonchev–Trinajstić information content (AvgIpc) is 2.60. The summed E-state index contributed by atoms with van der Waals surface area (Å²) in [6, 6.07) is 0. The van der Waals surface area contributed by atoms with E-state index < -0.39 is 0 Å². The number of esters is 1. The highest BCUT2D eigenvalue weighted by molar-refractivity contribution is 5.81. The molecule has 1 heterocycles. The van der Waals surface area contributed by atoms with Gasteiger partial charge in [0.2, 0.25) is 5.91 Å². The van der Waals surface area contributed by atoms with E-state index in [1.165, 1.54) is 7.11 Å². The quantitative estimate of drug-likeness (QED) is 0.610. The van der Waals surface area contributed by atoms with Gasteiger partial charge in [0.1, 0.15) is 6.23 Å². The van der Waals surface area contributed by atoms with Crippen molar-refractivity contribution in [2.75, 3.05) is 20.3 Å². The van der Waals surface area contributed by atoms with Gasteiger partial charge in [-0.3, -0.25) is 9.59 Å². The van der Waals surface area contributed by atoms with Crippen LogP contribution in [0, 0.1) is 0 Å². The first-order chi connectivity index (χ1) is 6.65. The Labute approximate surface area is 83.0 Å². The Bertz CT molecular complexity index is 229. The van der Waals surface area contributed by atoms with Crippen LogP contribution in [0.4, 0.5) is 0 Å². The number of carbonyl (C=O) groups excluding carboxylic acids is 2. The number of amides is 1. The van der Waals surface area contributed by atoms with E-state index in [1.54, 1.807) is 4.90 Å². The molecule has 0 spiro atoms. The third-order valence-corrected chi connectivity index (χ3v) is 2.22. The molecule has 14 heavy (non-hydrogen) atoms. The number of hydrogen-bond donors (Lipinski definition) is 0. The molecule has 0 aliphatic carbocycles. The molecule has 0 N–H and O–H groups in total. The Balaban J connectivity index is 2.31. The summed E-state index contributed by atoms with van der Waals surface area (Å²) < 4.78 is 9.66. The third kappa shape index (κ3) is 2.70. The van der Waals surface area contributed by atoms with Crippen molar-refractivity contribution in [3.05, 3.63) is 0 Å². The van der Waals surface area contributed by atoms with Crippen molar-refractivity contribution in [3.8, 4) is 0 Å². The fourth-order valence-electron chi connectivity index (χ4n) is 1.38. The van der Waals surface area contributed by atoms with Crippen LogP contribution in [0.15, 0.2) is 0 Å². The van der Waals surface area contributed by atoms with E-state index in [2.05, 4.69) is 4.74 Å². The third-order valence-electron chi connectivity index (χ3n) is 2.22. The predicted octanol–water partition coefficient (Wildman–Crippen LogP) is 0.144. The average molecular weight is 201 g/mol. The number of nitrogens with zero attached hydrogens (tertiary/aromatic N) is 1. The monoisotopic (exact) mass is 201 g/mol. The lowest BCUT2D eigenvalue weighted by molar-refractivity contribution is -0.144. The number of ether oxygens (including phenoxy) is 2. The van der Waals surface area contributed by atoms with Gasteiger partial charge in [0, 0.05) is 13.0 Å². The molecule has 0 bridgehead atoms. The van der Waals surface area contributed by atoms with E-state index in [1.807, 2.05) is 6.92 Å². The SMILES string of the molecule is COC(=O)CCC(=O)N1CCOC1C. The van der Waals surface area contributed by atoms with E-state index >= 15 is 0 Å². The molecule has 1 rings (SSSR count). The second-order valence-electron chi connectivity index (χ2n) is 3.13. The first-order valence-corrected chi connectivity index (χ1v) is 4.63. The van der Waals surface area contributed by atoms with Gasteiger partial charge in [-0.05, 0) is 6.92 Å². The molecular weight excluding hydrogens is 186 g/mol. The van der Waals surface area contributed by atoms with E-state index in [4.69, 9.17) is 4.74 Å². The molecule has 0 saturated carbocycles. The van der Waals surface area contributed by atoms with E-state index in [9.17, 15) is 9.59 Å². The minimum absolute atomic E-state index is 0.0552. The molecule has 1 saturated heterocycles. The van der Waals surface area contributed by atoms with Crippen LogP contribution in [0.5, 0.6) is 0 Å². The van der Waals surface area contributed by atoms with Crippen LogP contribution in [-0.4, -0.2) is 43.3 Å². The summed E-state index contributed by atoms with van der Waals surface area (Å²) in [5.74, 6) is -0.411. The fourth-order valence-corrected chi connectivity index (χ4v) is 1.38. The van der Waals surface area contributed by atoms with Crippen molar-refractivity contribution in [1.29, 1.82) is 0 Å². The summed E-state index contributed by atoms with van der Waals surface area (Å²) in [5.41, 5.74) is 0. The van der Waals surface area contributed by atoms with Gasteiger partial charge in [0.25, 0.3) is 0 Å². The highest BCUT2D eigenvalue weighted by atomic mass is 16.5. The molecule has 1 atom stereocenters. The van der Waals surface area contributed by atoms with Gasteiger partial charge in [-0.15, -0.1) is 0 Å². The lowest BCUT2D eigenvalue weighted by atomic mass is 10.2. The Morgan fingerprint density at radius 3 is 2.71 bits per heavy atom. The second kappa shape index (κ2) is 4.95. The van der Waals surface area contributed by atoms with Crippen molar-refractivity contribution in [3.63, 3.8) is 0 Å². The lowest BCUT2D eigenvalue weighted by Crippen LogP contribution is -2.34. The van der Waals surface area contributed by atoms with Gasteiger partial charge >= 0.3 is 5.97 Å². The highest BCUT2D eigenvalue weighted by Gasteiger charge is 2.25. The lowest BCUT2D eigenvalue weighted by Gasteiger charge is -2.19. The molecule has 1 fully saturated rings. The summed E-state index contributed by atoms with van der Waals surface area (Å²) in [6.07, 6.45) is 0.166. The van der Waals surface area contributed by atoms with Gasteiger partial charge in [0.15, 0.2) is 0 Å². The van der Waals surface area contributed by atoms with Gasteiger partial charge in [-0.1, -0.05) is 0 Å². The molecular formula is C9H15NO4. The van der Waals surface area contributed by atoms with Crippen LogP contribution in [0.3, 0.4) is 0 Å². The molecule has 0 radical (unpaired) electrons. The Morgan fingerprint density at radius 2 is 2.21 bits per heavy atom. The molecule has 0 aromatic heterocycles. The van der Waals surface area contributed by atoms with Crippen LogP contribution in [0.2, 0.25) is 0 Å². The zero-order valence-corrected chi connectivity index (χ0v) is 8.49. The molecule has 1 aliphatic heterocycles. The minimum Gasteiger partial charge on any atom is -0.469 e. The number of rotatable bonds is 3. The van der Waals surface area contributed by atoms with Gasteiger partial charge < -0.3 is 14.4 Å². The maximum atomic E-state index is 11.5. The standard InChI is InChI=1S/C9H15NO4/c1-7-10(5-6-14-7)8(11)3-4-9(12)13-2/h7H,3-6H2,1-2H3. The van der Waals surface area contributed by atoms with Gasteiger partial charge in [-0.25, -0.2) is 0 Å². The summed E-state index contributed by atoms with van der Waals surface area (Å²) in [4.78, 5) is 23.9. The van der Waals surface area contributed by atoms with Crippen molar-refractivity contribution >= 4 is 11.9 Å². The maximum absolute atomic E-state index is 11.5. The summed E-state index contributed by atoms with van der Waals surface area (Å²) in [5, 5.41) is 0. The Hall–Kier alpha value is -1.10. The summed E-state index contributed by atoms with van der Waals surface area (Å²) >= 11 is 0. The number of methoxy groups -OCH3 is 1. The zero-order chi connectivity index (χ0) is 10.6. The smallest absolute Gasteiger partial charge is 0.306 e. The zero-order valence-electron chi connectivity index (χ0n) is 8.49. The van der Waals surface area contributed by atoms with E-state index in [-0.39, 0.29) is 30.9 Å². The fraction of sp³-hybridized carbons (Fsp3) is 0.778. The second-order valence-corrected chi connectivity index (χ2v) is 3.13. The molecule has 1 aliphatic rings. The van der Waals surface area contributed by atoms with Crippen LogP contribution >= 0.6 is 0 Å². The summed E-state index contributed by atoms with van der Waals surface area (Å²) in [6.45, 7) is 3.01. The Kier molecular flexibility index (Phi) is 3.88. The van der Waals surface area contributed by atoms with Crippen molar-refractivity contribution in [2.24, 2.45) is 0 Å². The maximum Gasteiger partial charge on any atom is 0.306 e. The molecule has 80 valence electrons. The molecule has 0 aromatic rings. The normalized spacial score (nSPS) is 21.0. The molecule has 5 heteroatoms. The molecule has 1 amide bonds. The summed E-state index contributed by atoms with van der Waals surface area (Å²) in [7, 11) is 1.31. The van der Waals surface area contributed by atoms with Gasteiger partial charge in [0.05, 0.1) is 20.1 Å². The first-order valence-electron chi connectivity index (χ1n) is 4.63.